The van der Waals surface area contributed by atoms with E-state index < -0.39 is 10.0 Å². The predicted molar refractivity (Wildman–Crippen MR) is 97.8 cm³/mol. The maximum atomic E-state index is 12.4. The molecule has 6 nitrogen and oxygen atoms in total. The molecule has 8 heteroatoms. The number of halogens is 1. The van der Waals surface area contributed by atoms with Gasteiger partial charge in [-0.25, -0.2) is 12.7 Å². The largest absolute Gasteiger partial charge is 0.330 e. The minimum absolute atomic E-state index is 0. The second kappa shape index (κ2) is 8.29. The average Bonchev–Trinajstić information content (AvgIpc) is 2.97. The van der Waals surface area contributed by atoms with Crippen LogP contribution in [0.4, 0.5) is 5.69 Å². The molecule has 0 heterocycles. The van der Waals surface area contributed by atoms with Gasteiger partial charge in [-0.2, -0.15) is 0 Å². The molecule has 1 aromatic rings. The van der Waals surface area contributed by atoms with Crippen molar-refractivity contribution in [3.8, 4) is 0 Å². The van der Waals surface area contributed by atoms with Gasteiger partial charge in [0.05, 0.1) is 4.90 Å². The van der Waals surface area contributed by atoms with Gasteiger partial charge in [-0.1, -0.05) is 12.5 Å². The lowest BCUT2D eigenvalue weighted by Gasteiger charge is -2.19. The maximum Gasteiger partial charge on any atom is 0.242 e. The van der Waals surface area contributed by atoms with E-state index >= 15 is 0 Å². The first-order chi connectivity index (χ1) is 10.8. The van der Waals surface area contributed by atoms with Crippen LogP contribution in [0.1, 0.15) is 24.8 Å². The lowest BCUT2D eigenvalue weighted by Crippen LogP contribution is -2.30. The van der Waals surface area contributed by atoms with Crippen LogP contribution < -0.4 is 11.1 Å². The van der Waals surface area contributed by atoms with E-state index in [0.29, 0.717) is 17.8 Å². The van der Waals surface area contributed by atoms with E-state index in [1.807, 2.05) is 0 Å². The number of nitrogens with one attached hydrogen (secondary N) is 1. The predicted octanol–water partition coefficient (Wildman–Crippen LogP) is 1.98. The number of anilines is 1. The minimum atomic E-state index is -3.54. The molecule has 0 aliphatic heterocycles. The number of aryl methyl sites for hydroxylation is 1. The summed E-state index contributed by atoms with van der Waals surface area (Å²) in [7, 11) is -0.557. The highest BCUT2D eigenvalue weighted by Crippen LogP contribution is 2.32. The molecule has 0 unspecified atom stereocenters. The zero-order chi connectivity index (χ0) is 17.2. The Bertz CT molecular complexity index is 692. The number of rotatable bonds is 5. The summed E-state index contributed by atoms with van der Waals surface area (Å²) in [5, 5.41) is 2.85. The van der Waals surface area contributed by atoms with Gasteiger partial charge in [-0.15, -0.1) is 12.4 Å². The van der Waals surface area contributed by atoms with Gasteiger partial charge in [0.25, 0.3) is 0 Å². The normalized spacial score (nSPS) is 20.7. The summed E-state index contributed by atoms with van der Waals surface area (Å²) in [5.41, 5.74) is 6.88. The zero-order valence-corrected chi connectivity index (χ0v) is 15.9. The van der Waals surface area contributed by atoms with Gasteiger partial charge in [0.15, 0.2) is 0 Å². The Labute approximate surface area is 150 Å². The molecule has 0 spiro atoms. The summed E-state index contributed by atoms with van der Waals surface area (Å²) < 4.78 is 25.9. The quantitative estimate of drug-likeness (QED) is 0.822. The third-order valence-corrected chi connectivity index (χ3v) is 6.47. The Morgan fingerprint density at radius 3 is 2.58 bits per heavy atom. The fourth-order valence-electron chi connectivity index (χ4n) is 3.05. The van der Waals surface area contributed by atoms with Crippen molar-refractivity contribution in [3.05, 3.63) is 23.8 Å². The second-order valence-corrected chi connectivity index (χ2v) is 8.41. The van der Waals surface area contributed by atoms with Gasteiger partial charge in [-0.05, 0) is 49.9 Å². The summed E-state index contributed by atoms with van der Waals surface area (Å²) in [4.78, 5) is 12.6. The van der Waals surface area contributed by atoms with E-state index in [1.54, 1.807) is 19.1 Å². The molecule has 2 rings (SSSR count). The fraction of sp³-hybridized carbons (Fsp3) is 0.562. The molecule has 1 aliphatic carbocycles. The van der Waals surface area contributed by atoms with E-state index in [9.17, 15) is 13.2 Å². The molecular formula is C16H26ClN3O3S. The lowest BCUT2D eigenvalue weighted by molar-refractivity contribution is -0.120. The molecule has 136 valence electrons. The molecule has 1 amide bonds. The third kappa shape index (κ3) is 4.27. The molecule has 2 atom stereocenters. The zero-order valence-electron chi connectivity index (χ0n) is 14.3. The number of sulfonamides is 1. The molecule has 0 saturated heterocycles. The number of nitrogens with two attached hydrogens (primary N) is 1. The van der Waals surface area contributed by atoms with Gasteiger partial charge < -0.3 is 11.1 Å². The third-order valence-electron chi connectivity index (χ3n) is 4.51. The van der Waals surface area contributed by atoms with Crippen LogP contribution in [0.3, 0.4) is 0 Å². The topological polar surface area (TPSA) is 92.5 Å². The van der Waals surface area contributed by atoms with Crippen molar-refractivity contribution in [2.45, 2.75) is 31.1 Å². The van der Waals surface area contributed by atoms with Crippen LogP contribution in [0.25, 0.3) is 0 Å². The van der Waals surface area contributed by atoms with Gasteiger partial charge in [0.1, 0.15) is 0 Å². The number of nitrogens with zero attached hydrogens (tertiary/aromatic N) is 1. The van der Waals surface area contributed by atoms with Crippen molar-refractivity contribution in [1.82, 2.24) is 4.31 Å². The number of benzene rings is 1. The first-order valence-electron chi connectivity index (χ1n) is 7.81. The highest BCUT2D eigenvalue weighted by molar-refractivity contribution is 7.89. The van der Waals surface area contributed by atoms with Gasteiger partial charge in [0.2, 0.25) is 15.9 Å². The highest BCUT2D eigenvalue weighted by Gasteiger charge is 2.32. The number of carbonyl (C=O) groups excluding carboxylic acids is 1. The SMILES string of the molecule is Cc1ccc(NC(=O)[C@@H]2CCC[C@@H]2CN)cc1S(=O)(=O)N(C)C.Cl. The van der Waals surface area contributed by atoms with E-state index in [-0.39, 0.29) is 35.0 Å². The Balaban J connectivity index is 0.00000288. The van der Waals surface area contributed by atoms with Crippen LogP contribution in [0, 0.1) is 18.8 Å². The Hall–Kier alpha value is -1.15. The molecular weight excluding hydrogens is 350 g/mol. The first kappa shape index (κ1) is 20.9. The molecule has 1 aromatic carbocycles. The summed E-state index contributed by atoms with van der Waals surface area (Å²) in [6.07, 6.45) is 2.82. The second-order valence-electron chi connectivity index (χ2n) is 6.29. The van der Waals surface area contributed by atoms with Crippen LogP contribution in [0.5, 0.6) is 0 Å². The van der Waals surface area contributed by atoms with E-state index in [0.717, 1.165) is 19.3 Å². The van der Waals surface area contributed by atoms with Gasteiger partial charge in [0, 0.05) is 25.7 Å². The van der Waals surface area contributed by atoms with E-state index in [1.165, 1.54) is 24.5 Å². The molecule has 1 saturated carbocycles. The van der Waals surface area contributed by atoms with Crippen LogP contribution in [-0.2, 0) is 14.8 Å². The van der Waals surface area contributed by atoms with Crippen molar-refractivity contribution >= 4 is 34.0 Å². The molecule has 0 radical (unpaired) electrons. The van der Waals surface area contributed by atoms with Crippen LogP contribution in [-0.4, -0.2) is 39.3 Å². The fourth-order valence-corrected chi connectivity index (χ4v) is 4.20. The molecule has 3 N–H and O–H groups in total. The monoisotopic (exact) mass is 375 g/mol. The summed E-state index contributed by atoms with van der Waals surface area (Å²) in [5.74, 6) is 0.0515. The average molecular weight is 376 g/mol. The van der Waals surface area contributed by atoms with Crippen LogP contribution in [0.15, 0.2) is 23.1 Å². The Kier molecular flexibility index (Phi) is 7.22. The van der Waals surface area contributed by atoms with Crippen molar-refractivity contribution < 1.29 is 13.2 Å². The lowest BCUT2D eigenvalue weighted by atomic mass is 9.95. The van der Waals surface area contributed by atoms with Crippen molar-refractivity contribution in [2.24, 2.45) is 17.6 Å². The number of hydrogen-bond acceptors (Lipinski definition) is 4. The van der Waals surface area contributed by atoms with E-state index in [4.69, 9.17) is 5.73 Å². The minimum Gasteiger partial charge on any atom is -0.330 e. The van der Waals surface area contributed by atoms with Crippen LogP contribution in [0.2, 0.25) is 0 Å². The maximum absolute atomic E-state index is 12.4. The molecule has 0 aromatic heterocycles. The summed E-state index contributed by atoms with van der Waals surface area (Å²) >= 11 is 0. The molecule has 1 fully saturated rings. The number of carbonyl (C=O) groups is 1. The Morgan fingerprint density at radius 1 is 1.33 bits per heavy atom. The van der Waals surface area contributed by atoms with Crippen molar-refractivity contribution in [2.75, 3.05) is 26.0 Å². The van der Waals surface area contributed by atoms with Gasteiger partial charge >= 0.3 is 0 Å². The van der Waals surface area contributed by atoms with Crippen molar-refractivity contribution in [3.63, 3.8) is 0 Å². The Morgan fingerprint density at radius 2 is 2.00 bits per heavy atom. The molecule has 1 aliphatic rings. The van der Waals surface area contributed by atoms with E-state index in [2.05, 4.69) is 5.32 Å². The first-order valence-corrected chi connectivity index (χ1v) is 9.25. The number of hydrogen-bond donors (Lipinski definition) is 2. The van der Waals surface area contributed by atoms with Crippen LogP contribution >= 0.6 is 12.4 Å². The highest BCUT2D eigenvalue weighted by atomic mass is 35.5. The van der Waals surface area contributed by atoms with Gasteiger partial charge in [-0.3, -0.25) is 4.79 Å². The van der Waals surface area contributed by atoms with Crippen molar-refractivity contribution in [1.29, 1.82) is 0 Å². The molecule has 0 bridgehead atoms. The smallest absolute Gasteiger partial charge is 0.242 e. The standard InChI is InChI=1S/C16H25N3O3S.ClH/c1-11-7-8-13(9-15(11)23(21,22)19(2)3)18-16(20)14-6-4-5-12(14)10-17;/h7-9,12,14H,4-6,10,17H2,1-3H3,(H,18,20);1H/t12-,14-;/m1./s1. The molecule has 24 heavy (non-hydrogen) atoms. The number of amides is 1. The summed E-state index contributed by atoms with van der Waals surface area (Å²) in [6, 6.07) is 4.96. The summed E-state index contributed by atoms with van der Waals surface area (Å²) in [6.45, 7) is 2.25.